The van der Waals surface area contributed by atoms with Gasteiger partial charge in [0.05, 0.1) is 6.61 Å². The maximum Gasteiger partial charge on any atom is 0.404 e. The minimum absolute atomic E-state index is 0.105. The summed E-state index contributed by atoms with van der Waals surface area (Å²) in [6, 6.07) is -1.19. The molecular weight excluding hydrogens is 266 g/mol. The van der Waals surface area contributed by atoms with E-state index in [0.29, 0.717) is 6.42 Å². The van der Waals surface area contributed by atoms with Crippen molar-refractivity contribution >= 4 is 12.1 Å². The fraction of sp³-hybridized carbons (Fsp3) is 0.833. The van der Waals surface area contributed by atoms with E-state index >= 15 is 0 Å². The molecule has 0 fully saturated rings. The summed E-state index contributed by atoms with van der Waals surface area (Å²) in [5, 5.41) is 10.5. The Labute approximate surface area is 118 Å². The maximum absolute atomic E-state index is 11.6. The molecule has 0 heterocycles. The van der Waals surface area contributed by atoms with Crippen molar-refractivity contribution in [1.82, 2.24) is 5.32 Å². The van der Waals surface area contributed by atoms with Crippen molar-refractivity contribution in [3.8, 4) is 0 Å². The van der Waals surface area contributed by atoms with Crippen LogP contribution in [0.4, 0.5) is 4.79 Å². The largest absolute Gasteiger partial charge is 0.465 e. The number of ether oxygens (including phenoxy) is 2. The zero-order valence-corrected chi connectivity index (χ0v) is 12.2. The third-order valence-electron chi connectivity index (χ3n) is 2.13. The first kappa shape index (κ1) is 18.6. The van der Waals surface area contributed by atoms with Crippen LogP contribution < -0.4 is 16.8 Å². The number of nitrogens with one attached hydrogen (secondary N) is 1. The molecule has 0 rings (SSSR count). The van der Waals surface area contributed by atoms with Crippen LogP contribution in [0.2, 0.25) is 0 Å². The van der Waals surface area contributed by atoms with Crippen molar-refractivity contribution in [3.63, 3.8) is 0 Å². The van der Waals surface area contributed by atoms with Crippen molar-refractivity contribution in [3.05, 3.63) is 0 Å². The number of carboxylic acid groups (broad SMARTS) is 1. The summed E-state index contributed by atoms with van der Waals surface area (Å²) in [6.07, 6.45) is -0.819. The van der Waals surface area contributed by atoms with E-state index < -0.39 is 29.7 Å². The topological polar surface area (TPSA) is 137 Å². The molecule has 2 atom stereocenters. The highest BCUT2D eigenvalue weighted by atomic mass is 16.6. The van der Waals surface area contributed by atoms with Gasteiger partial charge in [-0.25, -0.2) is 4.79 Å². The normalized spacial score (nSPS) is 14.4. The summed E-state index contributed by atoms with van der Waals surface area (Å²) in [5.41, 5.74) is 10.7. The number of nitrogens with two attached hydrogens (primary N) is 2. The molecule has 0 aromatic carbocycles. The molecule has 0 aliphatic heterocycles. The van der Waals surface area contributed by atoms with Crippen molar-refractivity contribution in [2.24, 2.45) is 11.5 Å². The lowest BCUT2D eigenvalue weighted by Gasteiger charge is -2.22. The Balaban J connectivity index is 3.73. The minimum Gasteiger partial charge on any atom is -0.465 e. The first-order chi connectivity index (χ1) is 9.11. The third-order valence-corrected chi connectivity index (χ3v) is 2.13. The molecule has 8 heteroatoms. The van der Waals surface area contributed by atoms with E-state index in [4.69, 9.17) is 26.0 Å². The molecule has 0 bridgehead atoms. The molecule has 8 nitrogen and oxygen atoms in total. The van der Waals surface area contributed by atoms with Gasteiger partial charge in [0.25, 0.3) is 0 Å². The molecular formula is C12H25N3O5. The van der Waals surface area contributed by atoms with Gasteiger partial charge in [0.15, 0.2) is 0 Å². The van der Waals surface area contributed by atoms with Crippen LogP contribution in [0.25, 0.3) is 0 Å². The summed E-state index contributed by atoms with van der Waals surface area (Å²) < 4.78 is 10.4. The van der Waals surface area contributed by atoms with E-state index in [2.05, 4.69) is 5.32 Å². The number of amides is 1. The molecule has 1 amide bonds. The number of esters is 1. The second kappa shape index (κ2) is 8.72. The summed E-state index contributed by atoms with van der Waals surface area (Å²) in [4.78, 5) is 21.8. The van der Waals surface area contributed by atoms with Gasteiger partial charge in [-0.2, -0.15) is 0 Å². The monoisotopic (exact) mass is 291 g/mol. The molecule has 20 heavy (non-hydrogen) atoms. The molecule has 0 saturated carbocycles. The van der Waals surface area contributed by atoms with Gasteiger partial charge in [-0.05, 0) is 27.2 Å². The van der Waals surface area contributed by atoms with Gasteiger partial charge in [-0.1, -0.05) is 0 Å². The fourth-order valence-corrected chi connectivity index (χ4v) is 1.22. The molecule has 0 aliphatic carbocycles. The third kappa shape index (κ3) is 10.5. The van der Waals surface area contributed by atoms with Crippen LogP contribution >= 0.6 is 0 Å². The van der Waals surface area contributed by atoms with E-state index in [-0.39, 0.29) is 19.8 Å². The number of carbonyl (C=O) groups is 2. The van der Waals surface area contributed by atoms with Crippen LogP contribution in [0.1, 0.15) is 27.2 Å². The summed E-state index contributed by atoms with van der Waals surface area (Å²) >= 11 is 0. The van der Waals surface area contributed by atoms with Gasteiger partial charge in [0, 0.05) is 19.2 Å². The van der Waals surface area contributed by atoms with Gasteiger partial charge in [0.2, 0.25) is 0 Å². The average Bonchev–Trinajstić information content (AvgIpc) is 2.29. The van der Waals surface area contributed by atoms with Crippen LogP contribution in [0.15, 0.2) is 0 Å². The Morgan fingerprint density at radius 3 is 2.40 bits per heavy atom. The van der Waals surface area contributed by atoms with E-state index in [1.54, 1.807) is 20.8 Å². The quantitative estimate of drug-likeness (QED) is 0.354. The van der Waals surface area contributed by atoms with Gasteiger partial charge < -0.3 is 31.4 Å². The SMILES string of the molecule is CC(C)(C)OC(=O)C(N)CCOCC(N)CNC(=O)O. The molecule has 6 N–H and O–H groups in total. The van der Waals surface area contributed by atoms with Crippen molar-refractivity contribution < 1.29 is 24.2 Å². The van der Waals surface area contributed by atoms with E-state index in [0.717, 1.165) is 0 Å². The first-order valence-corrected chi connectivity index (χ1v) is 6.40. The van der Waals surface area contributed by atoms with Crippen LogP contribution in [0.3, 0.4) is 0 Å². The molecule has 118 valence electrons. The molecule has 0 radical (unpaired) electrons. The minimum atomic E-state index is -1.13. The Kier molecular flexibility index (Phi) is 8.12. The summed E-state index contributed by atoms with van der Waals surface area (Å²) in [5.74, 6) is -0.474. The second-order valence-electron chi connectivity index (χ2n) is 5.45. The van der Waals surface area contributed by atoms with E-state index in [9.17, 15) is 9.59 Å². The lowest BCUT2D eigenvalue weighted by molar-refractivity contribution is -0.156. The smallest absolute Gasteiger partial charge is 0.404 e. The fourth-order valence-electron chi connectivity index (χ4n) is 1.22. The standard InChI is InChI=1S/C12H25N3O5/c1-12(2,3)20-10(16)9(14)4-5-19-7-8(13)6-15-11(17)18/h8-9,15H,4-7,13-14H2,1-3H3,(H,17,18). The van der Waals surface area contributed by atoms with Gasteiger partial charge in [-0.15, -0.1) is 0 Å². The highest BCUT2D eigenvalue weighted by Gasteiger charge is 2.21. The molecule has 2 unspecified atom stereocenters. The van der Waals surface area contributed by atoms with E-state index in [1.165, 1.54) is 0 Å². The number of hydrogen-bond acceptors (Lipinski definition) is 6. The first-order valence-electron chi connectivity index (χ1n) is 6.40. The predicted octanol–water partition coefficient (Wildman–Crippen LogP) is -0.343. The molecule has 0 aromatic heterocycles. The molecule has 0 spiro atoms. The summed E-state index contributed by atoms with van der Waals surface area (Å²) in [6.45, 7) is 5.84. The Morgan fingerprint density at radius 1 is 1.30 bits per heavy atom. The lowest BCUT2D eigenvalue weighted by Crippen LogP contribution is -2.40. The zero-order chi connectivity index (χ0) is 15.8. The second-order valence-corrected chi connectivity index (χ2v) is 5.45. The lowest BCUT2D eigenvalue weighted by atomic mass is 10.2. The highest BCUT2D eigenvalue weighted by Crippen LogP contribution is 2.08. The number of rotatable bonds is 8. The van der Waals surface area contributed by atoms with Crippen LogP contribution in [0, 0.1) is 0 Å². The van der Waals surface area contributed by atoms with Crippen molar-refractivity contribution in [2.45, 2.75) is 44.9 Å². The van der Waals surface area contributed by atoms with Crippen LogP contribution in [-0.4, -0.2) is 54.6 Å². The predicted molar refractivity (Wildman–Crippen MR) is 73.3 cm³/mol. The molecule has 0 saturated heterocycles. The Morgan fingerprint density at radius 2 is 1.90 bits per heavy atom. The van der Waals surface area contributed by atoms with Gasteiger partial charge >= 0.3 is 12.1 Å². The Hall–Kier alpha value is -1.38. The van der Waals surface area contributed by atoms with Crippen molar-refractivity contribution in [2.75, 3.05) is 19.8 Å². The summed E-state index contributed by atoms with van der Waals surface area (Å²) in [7, 11) is 0. The van der Waals surface area contributed by atoms with Crippen LogP contribution in [0.5, 0.6) is 0 Å². The van der Waals surface area contributed by atoms with Crippen LogP contribution in [-0.2, 0) is 14.3 Å². The maximum atomic E-state index is 11.6. The molecule has 0 aromatic rings. The van der Waals surface area contributed by atoms with Gasteiger partial charge in [-0.3, -0.25) is 4.79 Å². The molecule has 0 aliphatic rings. The average molecular weight is 291 g/mol. The Bertz CT molecular complexity index is 317. The highest BCUT2D eigenvalue weighted by molar-refractivity contribution is 5.75. The number of carbonyl (C=O) groups excluding carboxylic acids is 1. The zero-order valence-electron chi connectivity index (χ0n) is 12.2. The van der Waals surface area contributed by atoms with Gasteiger partial charge in [0.1, 0.15) is 11.6 Å². The number of hydrogen-bond donors (Lipinski definition) is 4. The van der Waals surface area contributed by atoms with Crippen molar-refractivity contribution in [1.29, 1.82) is 0 Å². The van der Waals surface area contributed by atoms with E-state index in [1.807, 2.05) is 0 Å².